The molecule has 2 saturated heterocycles. The number of dihydropyridines is 1. The summed E-state index contributed by atoms with van der Waals surface area (Å²) < 4.78 is 1.88. The van der Waals surface area contributed by atoms with Gasteiger partial charge >= 0.3 is 0 Å². The zero-order chi connectivity index (χ0) is 27.0. The Bertz CT molecular complexity index is 1260. The Kier molecular flexibility index (Phi) is 7.63. The summed E-state index contributed by atoms with van der Waals surface area (Å²) in [5.41, 5.74) is 2.88. The van der Waals surface area contributed by atoms with Gasteiger partial charge in [0.1, 0.15) is 5.82 Å². The lowest BCUT2D eigenvalue weighted by atomic mass is 9.95. The third kappa shape index (κ3) is 5.37. The largest absolute Gasteiger partial charge is 0.356 e. The van der Waals surface area contributed by atoms with Gasteiger partial charge in [-0.05, 0) is 59.7 Å². The van der Waals surface area contributed by atoms with Crippen LogP contribution in [0.2, 0.25) is 0 Å². The van der Waals surface area contributed by atoms with Crippen molar-refractivity contribution in [3.63, 3.8) is 0 Å². The molecule has 0 aromatic carbocycles. The fraction of sp³-hybridized carbons (Fsp3) is 0.607. The van der Waals surface area contributed by atoms with Crippen molar-refractivity contribution in [2.45, 2.75) is 52.6 Å². The summed E-state index contributed by atoms with van der Waals surface area (Å²) in [5.74, 6) is -0.0567. The number of carbonyl (C=O) groups is 2. The lowest BCUT2D eigenvalue weighted by Crippen LogP contribution is -2.52. The van der Waals surface area contributed by atoms with Crippen molar-refractivity contribution in [3.8, 4) is 0 Å². The van der Waals surface area contributed by atoms with E-state index in [1.54, 1.807) is 6.20 Å². The Morgan fingerprint density at radius 1 is 1.11 bits per heavy atom. The summed E-state index contributed by atoms with van der Waals surface area (Å²) in [6.45, 7) is 14.4. The maximum atomic E-state index is 13.5. The van der Waals surface area contributed by atoms with Gasteiger partial charge in [0.15, 0.2) is 5.65 Å². The minimum absolute atomic E-state index is 0.114. The molecule has 1 atom stereocenters. The third-order valence-corrected chi connectivity index (χ3v) is 8.17. The van der Waals surface area contributed by atoms with Crippen molar-refractivity contribution in [2.24, 2.45) is 10.9 Å². The van der Waals surface area contributed by atoms with E-state index in [0.717, 1.165) is 68.9 Å². The van der Waals surface area contributed by atoms with Crippen LogP contribution in [0.15, 0.2) is 28.9 Å². The van der Waals surface area contributed by atoms with Gasteiger partial charge in [-0.3, -0.25) is 14.5 Å². The first kappa shape index (κ1) is 26.5. The Balaban J connectivity index is 1.35. The van der Waals surface area contributed by atoms with E-state index >= 15 is 0 Å². The zero-order valence-electron chi connectivity index (χ0n) is 23.3. The highest BCUT2D eigenvalue weighted by atomic mass is 16.2. The van der Waals surface area contributed by atoms with Crippen LogP contribution in [0.3, 0.4) is 0 Å². The molecule has 2 aromatic rings. The number of piperidine rings is 1. The minimum atomic E-state index is -0.438. The number of fused-ring (bicyclic) bond motifs is 1. The van der Waals surface area contributed by atoms with Gasteiger partial charge in [0.25, 0.3) is 11.8 Å². The number of aliphatic imine (C=N–C) groups is 1. The molecule has 0 saturated carbocycles. The van der Waals surface area contributed by atoms with Gasteiger partial charge in [-0.1, -0.05) is 5.57 Å². The first-order valence-corrected chi connectivity index (χ1v) is 13.8. The molecule has 2 fully saturated rings. The molecule has 0 bridgehead atoms. The molecule has 5 rings (SSSR count). The topological polar surface area (TPSA) is 99.0 Å². The van der Waals surface area contributed by atoms with E-state index in [0.29, 0.717) is 23.0 Å². The maximum absolute atomic E-state index is 13.5. The van der Waals surface area contributed by atoms with Crippen LogP contribution >= 0.6 is 0 Å². The first-order chi connectivity index (χ1) is 18.2. The van der Waals surface area contributed by atoms with Gasteiger partial charge in [0.05, 0.1) is 23.1 Å². The molecule has 1 N–H and O–H groups in total. The van der Waals surface area contributed by atoms with Crippen molar-refractivity contribution >= 4 is 34.4 Å². The predicted octanol–water partition coefficient (Wildman–Crippen LogP) is 2.52. The molecule has 2 amide bonds. The minimum Gasteiger partial charge on any atom is -0.356 e. The van der Waals surface area contributed by atoms with Crippen LogP contribution in [0, 0.1) is 5.92 Å². The fourth-order valence-corrected chi connectivity index (χ4v) is 5.83. The van der Waals surface area contributed by atoms with Crippen molar-refractivity contribution < 1.29 is 9.59 Å². The fourth-order valence-electron chi connectivity index (χ4n) is 5.83. The molecule has 3 aliphatic heterocycles. The van der Waals surface area contributed by atoms with Crippen molar-refractivity contribution in [1.29, 1.82) is 0 Å². The molecule has 0 radical (unpaired) electrons. The normalized spacial score (nSPS) is 22.2. The molecule has 1 unspecified atom stereocenters. The summed E-state index contributed by atoms with van der Waals surface area (Å²) in [7, 11) is 2.19. The van der Waals surface area contributed by atoms with Crippen LogP contribution in [0.25, 0.3) is 11.0 Å². The second-order valence-electron chi connectivity index (χ2n) is 11.2. The van der Waals surface area contributed by atoms with E-state index < -0.39 is 5.92 Å². The van der Waals surface area contributed by atoms with E-state index in [1.165, 1.54) is 0 Å². The van der Waals surface area contributed by atoms with Gasteiger partial charge < -0.3 is 15.1 Å². The van der Waals surface area contributed by atoms with Crippen molar-refractivity contribution in [2.75, 3.05) is 57.8 Å². The number of nitrogens with one attached hydrogen (secondary N) is 1. The van der Waals surface area contributed by atoms with Gasteiger partial charge in [0, 0.05) is 63.6 Å². The number of piperazine rings is 1. The Labute approximate surface area is 224 Å². The molecular formula is C28H40N8O2. The number of amides is 2. The molecule has 0 aliphatic carbocycles. The molecular weight excluding hydrogens is 480 g/mol. The standard InChI is InChI=1S/C28H40N8O2/c1-18(2)36-26-24(17-30-36)22(27(37)29-16-23-19(3)14-20(4)31-28(23)38)15-25(32-26)35-8-6-21(7-9-35)34-12-10-33(5)11-13-34/h14-15,17-18,21,23H,6-13,16H2,1-5H3,(H,29,37). The van der Waals surface area contributed by atoms with Crippen molar-refractivity contribution in [1.82, 2.24) is 29.9 Å². The quantitative estimate of drug-likeness (QED) is 0.625. The number of aromatic nitrogens is 3. The highest BCUT2D eigenvalue weighted by Crippen LogP contribution is 2.28. The van der Waals surface area contributed by atoms with Gasteiger partial charge in [0.2, 0.25) is 0 Å². The van der Waals surface area contributed by atoms with Crippen LogP contribution in [0.1, 0.15) is 56.9 Å². The first-order valence-electron chi connectivity index (χ1n) is 13.8. The number of likely N-dealkylation sites (N-methyl/N-ethyl adjacent to an activating group) is 1. The summed E-state index contributed by atoms with van der Waals surface area (Å²) in [5, 5.41) is 8.27. The van der Waals surface area contributed by atoms with E-state index in [9.17, 15) is 9.59 Å². The number of allylic oxidation sites excluding steroid dienone is 1. The molecule has 204 valence electrons. The van der Waals surface area contributed by atoms with Gasteiger partial charge in [-0.25, -0.2) is 14.7 Å². The average molecular weight is 521 g/mol. The van der Waals surface area contributed by atoms with E-state index in [1.807, 2.05) is 30.7 Å². The average Bonchev–Trinajstić information content (AvgIpc) is 3.32. The molecule has 10 heteroatoms. The highest BCUT2D eigenvalue weighted by Gasteiger charge is 2.29. The van der Waals surface area contributed by atoms with Crippen LogP contribution in [-0.2, 0) is 4.79 Å². The monoisotopic (exact) mass is 520 g/mol. The second kappa shape index (κ2) is 10.9. The zero-order valence-corrected chi connectivity index (χ0v) is 23.3. The molecule has 3 aliphatic rings. The molecule has 5 heterocycles. The number of carbonyl (C=O) groups excluding carboxylic acids is 2. The van der Waals surface area contributed by atoms with Crippen molar-refractivity contribution in [3.05, 3.63) is 29.5 Å². The van der Waals surface area contributed by atoms with Crippen LogP contribution in [-0.4, -0.2) is 101 Å². The summed E-state index contributed by atoms with van der Waals surface area (Å²) in [6.07, 6.45) is 5.80. The number of pyridine rings is 1. The smallest absolute Gasteiger partial charge is 0.254 e. The summed E-state index contributed by atoms with van der Waals surface area (Å²) >= 11 is 0. The van der Waals surface area contributed by atoms with Crippen LogP contribution in [0.4, 0.5) is 5.82 Å². The Hall–Kier alpha value is -3.11. The predicted molar refractivity (Wildman–Crippen MR) is 150 cm³/mol. The van der Waals surface area contributed by atoms with Gasteiger partial charge in [-0.2, -0.15) is 5.10 Å². The SMILES string of the molecule is CC1=CC(C)=NC(=O)C1CNC(=O)c1cc(N2CCC(N3CCN(C)CC3)CC2)nc2c1cnn2C(C)C. The lowest BCUT2D eigenvalue weighted by molar-refractivity contribution is -0.120. The lowest BCUT2D eigenvalue weighted by Gasteiger charge is -2.42. The number of rotatable bonds is 6. The Morgan fingerprint density at radius 3 is 2.47 bits per heavy atom. The highest BCUT2D eigenvalue weighted by molar-refractivity contribution is 6.07. The number of anilines is 1. The maximum Gasteiger partial charge on any atom is 0.254 e. The number of hydrogen-bond acceptors (Lipinski definition) is 7. The van der Waals surface area contributed by atoms with E-state index in [-0.39, 0.29) is 24.4 Å². The summed E-state index contributed by atoms with van der Waals surface area (Å²) in [4.78, 5) is 42.4. The molecule has 0 spiro atoms. The van der Waals surface area contributed by atoms with Crippen LogP contribution in [0.5, 0.6) is 0 Å². The molecule has 38 heavy (non-hydrogen) atoms. The molecule has 10 nitrogen and oxygen atoms in total. The Morgan fingerprint density at radius 2 is 1.82 bits per heavy atom. The number of hydrogen-bond donors (Lipinski definition) is 1. The molecule has 2 aromatic heterocycles. The van der Waals surface area contributed by atoms with E-state index in [4.69, 9.17) is 4.98 Å². The summed E-state index contributed by atoms with van der Waals surface area (Å²) in [6, 6.07) is 2.61. The van der Waals surface area contributed by atoms with E-state index in [2.05, 4.69) is 51.0 Å². The van der Waals surface area contributed by atoms with Gasteiger partial charge in [-0.15, -0.1) is 0 Å². The van der Waals surface area contributed by atoms with Crippen LogP contribution < -0.4 is 10.2 Å². The third-order valence-electron chi connectivity index (χ3n) is 8.17. The number of nitrogens with zero attached hydrogens (tertiary/aromatic N) is 7. The second-order valence-corrected chi connectivity index (χ2v) is 11.2.